The molecule has 0 saturated heterocycles. The van der Waals surface area contributed by atoms with Crippen LogP contribution in [0.15, 0.2) is 24.3 Å². The van der Waals surface area contributed by atoms with Gasteiger partial charge in [-0.2, -0.15) is 0 Å². The van der Waals surface area contributed by atoms with E-state index in [1.54, 1.807) is 24.3 Å². The van der Waals surface area contributed by atoms with Crippen LogP contribution in [-0.2, 0) is 0 Å². The van der Waals surface area contributed by atoms with Crippen molar-refractivity contribution < 1.29 is 9.59 Å². The first-order valence-electron chi connectivity index (χ1n) is 4.56. The second-order valence-electron chi connectivity index (χ2n) is 3.31. The number of nitrogens with two attached hydrogens (primary N) is 2. The predicted molar refractivity (Wildman–Crippen MR) is 60.0 cm³/mol. The van der Waals surface area contributed by atoms with E-state index in [1.807, 2.05) is 0 Å². The molecule has 0 aliphatic rings. The van der Waals surface area contributed by atoms with Crippen LogP contribution in [0.1, 0.15) is 10.5 Å². The smallest absolute Gasteiger partial charge is 0.316 e. The van der Waals surface area contributed by atoms with Gasteiger partial charge in [0.15, 0.2) is 0 Å². The molecule has 1 aromatic heterocycles. The maximum absolute atomic E-state index is 11.0. The van der Waals surface area contributed by atoms with E-state index in [1.165, 1.54) is 0 Å². The summed E-state index contributed by atoms with van der Waals surface area (Å²) in [7, 11) is 0. The number of para-hydroxylation sites is 1. The van der Waals surface area contributed by atoms with Crippen LogP contribution in [0.5, 0.6) is 0 Å². The van der Waals surface area contributed by atoms with Crippen LogP contribution in [0.4, 0.5) is 10.5 Å². The molecule has 6 N–H and O–H groups in total. The topological polar surface area (TPSA) is 114 Å². The van der Waals surface area contributed by atoms with Crippen molar-refractivity contribution in [2.75, 3.05) is 5.32 Å². The SMILES string of the molecule is NC(=O)Nc1cccc2cc(C(N)=O)[nH]c12. The number of nitrogens with one attached hydrogen (secondary N) is 2. The second kappa shape index (κ2) is 3.58. The quantitative estimate of drug-likeness (QED) is 0.596. The van der Waals surface area contributed by atoms with E-state index in [0.717, 1.165) is 5.39 Å². The Hall–Kier alpha value is -2.50. The van der Waals surface area contributed by atoms with Crippen molar-refractivity contribution in [2.45, 2.75) is 0 Å². The maximum Gasteiger partial charge on any atom is 0.316 e. The Morgan fingerprint density at radius 3 is 2.62 bits per heavy atom. The fourth-order valence-electron chi connectivity index (χ4n) is 1.53. The van der Waals surface area contributed by atoms with Gasteiger partial charge in [-0.3, -0.25) is 4.79 Å². The second-order valence-corrected chi connectivity index (χ2v) is 3.31. The zero-order chi connectivity index (χ0) is 11.7. The van der Waals surface area contributed by atoms with Crippen LogP contribution in [0.25, 0.3) is 10.9 Å². The lowest BCUT2D eigenvalue weighted by Gasteiger charge is -2.02. The molecule has 0 aliphatic heterocycles. The van der Waals surface area contributed by atoms with Crippen molar-refractivity contribution in [3.63, 3.8) is 0 Å². The van der Waals surface area contributed by atoms with Gasteiger partial charge in [0.1, 0.15) is 5.69 Å². The Morgan fingerprint density at radius 1 is 1.25 bits per heavy atom. The van der Waals surface area contributed by atoms with Crippen molar-refractivity contribution in [2.24, 2.45) is 11.5 Å². The molecule has 0 aliphatic carbocycles. The average molecular weight is 218 g/mol. The number of fused-ring (bicyclic) bond motifs is 1. The average Bonchev–Trinajstić information content (AvgIpc) is 2.61. The largest absolute Gasteiger partial charge is 0.364 e. The number of H-pyrrole nitrogens is 1. The molecule has 6 nitrogen and oxygen atoms in total. The van der Waals surface area contributed by atoms with Crippen molar-refractivity contribution >= 4 is 28.5 Å². The Balaban J connectivity index is 2.58. The summed E-state index contributed by atoms with van der Waals surface area (Å²) in [4.78, 5) is 24.6. The standard InChI is InChI=1S/C10H10N4O2/c11-9(15)7-4-5-2-1-3-6(8(5)13-7)14-10(12)16/h1-4,13H,(H2,11,15)(H3,12,14,16). The fraction of sp³-hybridized carbons (Fsp3) is 0. The van der Waals surface area contributed by atoms with Gasteiger partial charge in [-0.05, 0) is 12.1 Å². The number of aromatic amines is 1. The first kappa shape index (κ1) is 10.0. The summed E-state index contributed by atoms with van der Waals surface area (Å²) in [6, 6.07) is 6.16. The lowest BCUT2D eigenvalue weighted by atomic mass is 10.2. The van der Waals surface area contributed by atoms with Gasteiger partial charge in [-0.15, -0.1) is 0 Å². The van der Waals surface area contributed by atoms with Gasteiger partial charge in [0.25, 0.3) is 5.91 Å². The zero-order valence-corrected chi connectivity index (χ0v) is 8.28. The Kier molecular flexibility index (Phi) is 2.24. The number of benzene rings is 1. The number of carbonyl (C=O) groups is 2. The monoisotopic (exact) mass is 218 g/mol. The lowest BCUT2D eigenvalue weighted by molar-refractivity contribution is 0.0996. The summed E-state index contributed by atoms with van der Waals surface area (Å²) < 4.78 is 0. The molecule has 0 atom stereocenters. The molecule has 0 radical (unpaired) electrons. The number of primary amides is 2. The number of carbonyl (C=O) groups excluding carboxylic acids is 2. The first-order chi connectivity index (χ1) is 7.58. The van der Waals surface area contributed by atoms with E-state index in [4.69, 9.17) is 11.5 Å². The van der Waals surface area contributed by atoms with E-state index < -0.39 is 11.9 Å². The van der Waals surface area contributed by atoms with Crippen molar-refractivity contribution in [3.8, 4) is 0 Å². The lowest BCUT2D eigenvalue weighted by Crippen LogP contribution is -2.19. The van der Waals surface area contributed by atoms with Crippen LogP contribution >= 0.6 is 0 Å². The van der Waals surface area contributed by atoms with Crippen LogP contribution in [0, 0.1) is 0 Å². The summed E-state index contributed by atoms with van der Waals surface area (Å²) in [5, 5.41) is 3.23. The third-order valence-corrected chi connectivity index (χ3v) is 2.18. The molecule has 0 saturated carbocycles. The number of rotatable bonds is 2. The minimum Gasteiger partial charge on any atom is -0.364 e. The van der Waals surface area contributed by atoms with Crippen LogP contribution in [0.2, 0.25) is 0 Å². The molecule has 0 unspecified atom stereocenters. The van der Waals surface area contributed by atoms with Crippen LogP contribution < -0.4 is 16.8 Å². The van der Waals surface area contributed by atoms with Crippen molar-refractivity contribution in [3.05, 3.63) is 30.0 Å². The van der Waals surface area contributed by atoms with Crippen LogP contribution in [0.3, 0.4) is 0 Å². The molecular formula is C10H10N4O2. The number of urea groups is 1. The van der Waals surface area contributed by atoms with Gasteiger partial charge in [-0.1, -0.05) is 12.1 Å². The Bertz CT molecular complexity index is 573. The highest BCUT2D eigenvalue weighted by molar-refractivity contribution is 6.03. The molecule has 0 bridgehead atoms. The Morgan fingerprint density at radius 2 is 2.00 bits per heavy atom. The molecule has 2 aromatic rings. The number of aromatic nitrogens is 1. The summed E-state index contributed by atoms with van der Waals surface area (Å²) in [5.74, 6) is -0.554. The highest BCUT2D eigenvalue weighted by Gasteiger charge is 2.09. The Labute approximate surface area is 90.6 Å². The van der Waals surface area contributed by atoms with Crippen molar-refractivity contribution in [1.29, 1.82) is 0 Å². The van der Waals surface area contributed by atoms with Gasteiger partial charge >= 0.3 is 6.03 Å². The van der Waals surface area contributed by atoms with E-state index in [2.05, 4.69) is 10.3 Å². The number of anilines is 1. The summed E-state index contributed by atoms with van der Waals surface area (Å²) in [6.07, 6.45) is 0. The first-order valence-corrected chi connectivity index (χ1v) is 4.56. The number of hydrogen-bond acceptors (Lipinski definition) is 2. The molecule has 16 heavy (non-hydrogen) atoms. The fourth-order valence-corrected chi connectivity index (χ4v) is 1.53. The molecule has 0 fully saturated rings. The van der Waals surface area contributed by atoms with E-state index in [-0.39, 0.29) is 5.69 Å². The van der Waals surface area contributed by atoms with Gasteiger partial charge in [0.2, 0.25) is 0 Å². The summed E-state index contributed by atoms with van der Waals surface area (Å²) >= 11 is 0. The maximum atomic E-state index is 11.0. The highest BCUT2D eigenvalue weighted by Crippen LogP contribution is 2.23. The van der Waals surface area contributed by atoms with Gasteiger partial charge in [0.05, 0.1) is 11.2 Å². The molecule has 1 aromatic carbocycles. The van der Waals surface area contributed by atoms with E-state index >= 15 is 0 Å². The van der Waals surface area contributed by atoms with E-state index in [0.29, 0.717) is 11.2 Å². The molecule has 0 spiro atoms. The number of hydrogen-bond donors (Lipinski definition) is 4. The van der Waals surface area contributed by atoms with E-state index in [9.17, 15) is 9.59 Å². The van der Waals surface area contributed by atoms with Crippen LogP contribution in [-0.4, -0.2) is 16.9 Å². The highest BCUT2D eigenvalue weighted by atomic mass is 16.2. The minimum absolute atomic E-state index is 0.286. The molecular weight excluding hydrogens is 208 g/mol. The zero-order valence-electron chi connectivity index (χ0n) is 8.28. The summed E-state index contributed by atoms with van der Waals surface area (Å²) in [6.45, 7) is 0. The van der Waals surface area contributed by atoms with Gasteiger partial charge < -0.3 is 21.8 Å². The van der Waals surface area contributed by atoms with Gasteiger partial charge in [-0.25, -0.2) is 4.79 Å². The molecule has 2 rings (SSSR count). The normalized spacial score (nSPS) is 10.2. The molecule has 6 heteroatoms. The minimum atomic E-state index is -0.664. The third-order valence-electron chi connectivity index (χ3n) is 2.18. The predicted octanol–water partition coefficient (Wildman–Crippen LogP) is 0.757. The van der Waals surface area contributed by atoms with Gasteiger partial charge in [0, 0.05) is 5.39 Å². The molecule has 1 heterocycles. The molecule has 3 amide bonds. The summed E-state index contributed by atoms with van der Waals surface area (Å²) in [5.41, 5.74) is 11.6. The third kappa shape index (κ3) is 1.68. The van der Waals surface area contributed by atoms with Crippen molar-refractivity contribution in [1.82, 2.24) is 4.98 Å². The molecule has 82 valence electrons. The number of amides is 3.